The largest absolute Gasteiger partial charge is 0.395 e. The van der Waals surface area contributed by atoms with Crippen molar-refractivity contribution in [3.05, 3.63) is 41.9 Å². The van der Waals surface area contributed by atoms with Crippen molar-refractivity contribution in [3.63, 3.8) is 0 Å². The number of aromatic nitrogens is 4. The first-order chi connectivity index (χ1) is 16.7. The normalized spacial score (nSPS) is 19.4. The number of aryl methyl sites for hydroxylation is 1. The molecule has 1 saturated heterocycles. The third kappa shape index (κ3) is 5.71. The standard InChI is InChI=1S/C25H33N7OS/c1-17-12-21(30-24(28-17)29-19-6-3-2-4-7-19)22-14-27-25(34-22)31-23-10-9-18(13-26-23)15-32-11-5-8-20(32)16-33/h9-10,12-14,19-20,33H,2-8,11,15-16H2,1H3,(H,26,27,31)(H,28,29,30)/t20-/m1/s1. The molecule has 1 aliphatic heterocycles. The number of rotatable bonds is 8. The minimum absolute atomic E-state index is 0.226. The monoisotopic (exact) mass is 479 g/mol. The van der Waals surface area contributed by atoms with E-state index in [1.165, 1.54) is 32.1 Å². The van der Waals surface area contributed by atoms with Crippen LogP contribution in [0.1, 0.15) is 56.2 Å². The van der Waals surface area contributed by atoms with Crippen LogP contribution in [0.3, 0.4) is 0 Å². The van der Waals surface area contributed by atoms with Gasteiger partial charge in [0.15, 0.2) is 5.13 Å². The van der Waals surface area contributed by atoms with E-state index >= 15 is 0 Å². The van der Waals surface area contributed by atoms with Crippen LogP contribution in [0, 0.1) is 6.92 Å². The van der Waals surface area contributed by atoms with Gasteiger partial charge in [-0.1, -0.05) is 36.7 Å². The lowest BCUT2D eigenvalue weighted by molar-refractivity contribution is 0.153. The van der Waals surface area contributed by atoms with Crippen LogP contribution in [0.15, 0.2) is 30.6 Å². The molecule has 2 fully saturated rings. The second-order valence-electron chi connectivity index (χ2n) is 9.35. The van der Waals surface area contributed by atoms with Gasteiger partial charge in [0.05, 0.1) is 17.2 Å². The van der Waals surface area contributed by atoms with E-state index in [2.05, 4.69) is 36.6 Å². The second-order valence-corrected chi connectivity index (χ2v) is 10.4. The molecule has 1 saturated carbocycles. The molecule has 3 aromatic rings. The van der Waals surface area contributed by atoms with Crippen LogP contribution in [-0.4, -0.2) is 55.2 Å². The number of hydrogen-bond acceptors (Lipinski definition) is 9. The summed E-state index contributed by atoms with van der Waals surface area (Å²) < 4.78 is 0. The Labute approximate surface area is 204 Å². The Bertz CT molecular complexity index is 1080. The summed E-state index contributed by atoms with van der Waals surface area (Å²) >= 11 is 1.56. The van der Waals surface area contributed by atoms with Crippen molar-refractivity contribution in [2.45, 2.75) is 70.5 Å². The van der Waals surface area contributed by atoms with Gasteiger partial charge in [0.1, 0.15) is 5.82 Å². The number of thiazole rings is 1. The number of nitrogens with one attached hydrogen (secondary N) is 2. The highest BCUT2D eigenvalue weighted by atomic mass is 32.1. The van der Waals surface area contributed by atoms with Crippen LogP contribution < -0.4 is 10.6 Å². The van der Waals surface area contributed by atoms with Crippen molar-refractivity contribution >= 4 is 28.2 Å². The average Bonchev–Trinajstić information content (AvgIpc) is 3.50. The first kappa shape index (κ1) is 23.1. The molecule has 34 heavy (non-hydrogen) atoms. The van der Waals surface area contributed by atoms with Crippen molar-refractivity contribution in [1.82, 2.24) is 24.8 Å². The molecule has 0 unspecified atom stereocenters. The molecule has 0 bridgehead atoms. The lowest BCUT2D eigenvalue weighted by Crippen LogP contribution is -2.31. The van der Waals surface area contributed by atoms with Gasteiger partial charge in [-0.15, -0.1) is 0 Å². The summed E-state index contributed by atoms with van der Waals surface area (Å²) in [4.78, 5) is 21.8. The summed E-state index contributed by atoms with van der Waals surface area (Å²) in [6.07, 6.45) is 12.2. The van der Waals surface area contributed by atoms with E-state index in [-0.39, 0.29) is 12.6 Å². The van der Waals surface area contributed by atoms with Crippen LogP contribution in [0.4, 0.5) is 16.9 Å². The number of pyridine rings is 1. The van der Waals surface area contributed by atoms with E-state index in [1.807, 2.05) is 31.5 Å². The minimum atomic E-state index is 0.226. The van der Waals surface area contributed by atoms with Gasteiger partial charge in [0.2, 0.25) is 5.95 Å². The minimum Gasteiger partial charge on any atom is -0.395 e. The molecule has 5 rings (SSSR count). The zero-order valence-corrected chi connectivity index (χ0v) is 20.5. The SMILES string of the molecule is Cc1cc(-c2cnc(Nc3ccc(CN4CCC[C@@H]4CO)cn3)s2)nc(NC2CCCCC2)n1. The summed E-state index contributed by atoms with van der Waals surface area (Å²) in [5, 5.41) is 17.2. The van der Waals surface area contributed by atoms with Gasteiger partial charge in [-0.2, -0.15) is 0 Å². The predicted octanol–water partition coefficient (Wildman–Crippen LogP) is 4.75. The van der Waals surface area contributed by atoms with E-state index in [1.54, 1.807) is 11.3 Å². The lowest BCUT2D eigenvalue weighted by atomic mass is 9.96. The fourth-order valence-corrected chi connectivity index (χ4v) is 5.67. The van der Waals surface area contributed by atoms with Gasteiger partial charge in [-0.3, -0.25) is 4.90 Å². The first-order valence-electron chi connectivity index (χ1n) is 12.3. The smallest absolute Gasteiger partial charge is 0.223 e. The van der Waals surface area contributed by atoms with Crippen molar-refractivity contribution in [2.75, 3.05) is 23.8 Å². The Morgan fingerprint density at radius 1 is 1.06 bits per heavy atom. The quantitative estimate of drug-likeness (QED) is 0.426. The summed E-state index contributed by atoms with van der Waals surface area (Å²) in [7, 11) is 0. The Morgan fingerprint density at radius 2 is 1.94 bits per heavy atom. The molecule has 2 aliphatic rings. The van der Waals surface area contributed by atoms with Gasteiger partial charge < -0.3 is 15.7 Å². The van der Waals surface area contributed by atoms with Crippen LogP contribution in [0.5, 0.6) is 0 Å². The maximum Gasteiger partial charge on any atom is 0.223 e. The fraction of sp³-hybridized carbons (Fsp3) is 0.520. The van der Waals surface area contributed by atoms with Crippen molar-refractivity contribution in [2.24, 2.45) is 0 Å². The molecular weight excluding hydrogens is 446 g/mol. The molecule has 0 spiro atoms. The average molecular weight is 480 g/mol. The molecule has 3 N–H and O–H groups in total. The number of aliphatic hydroxyl groups is 1. The van der Waals surface area contributed by atoms with Gasteiger partial charge in [0, 0.05) is 36.7 Å². The molecule has 1 atom stereocenters. The summed E-state index contributed by atoms with van der Waals surface area (Å²) in [5.41, 5.74) is 2.99. The number of aliphatic hydroxyl groups excluding tert-OH is 1. The Balaban J connectivity index is 1.22. The van der Waals surface area contributed by atoms with Crippen molar-refractivity contribution in [3.8, 4) is 10.6 Å². The lowest BCUT2D eigenvalue weighted by Gasteiger charge is -2.22. The molecule has 4 heterocycles. The molecule has 0 radical (unpaired) electrons. The van der Waals surface area contributed by atoms with Crippen LogP contribution in [0.2, 0.25) is 0 Å². The highest BCUT2D eigenvalue weighted by Crippen LogP contribution is 2.31. The Morgan fingerprint density at radius 3 is 2.74 bits per heavy atom. The van der Waals surface area contributed by atoms with E-state index in [4.69, 9.17) is 4.98 Å². The molecule has 0 amide bonds. The summed E-state index contributed by atoms with van der Waals surface area (Å²) in [6.45, 7) is 4.09. The van der Waals surface area contributed by atoms with Gasteiger partial charge >= 0.3 is 0 Å². The maximum absolute atomic E-state index is 9.53. The fourth-order valence-electron chi connectivity index (χ4n) is 4.89. The predicted molar refractivity (Wildman–Crippen MR) is 136 cm³/mol. The van der Waals surface area contributed by atoms with E-state index < -0.39 is 0 Å². The molecule has 3 aromatic heterocycles. The zero-order valence-electron chi connectivity index (χ0n) is 19.7. The van der Waals surface area contributed by atoms with Gasteiger partial charge in [-0.25, -0.2) is 19.9 Å². The van der Waals surface area contributed by atoms with E-state index in [0.29, 0.717) is 12.0 Å². The highest BCUT2D eigenvalue weighted by molar-refractivity contribution is 7.18. The van der Waals surface area contributed by atoms with Crippen LogP contribution in [-0.2, 0) is 6.54 Å². The Hall–Kier alpha value is -2.62. The number of anilines is 3. The first-order valence-corrected chi connectivity index (χ1v) is 13.1. The third-order valence-electron chi connectivity index (χ3n) is 6.71. The number of likely N-dealkylation sites (tertiary alicyclic amines) is 1. The second kappa shape index (κ2) is 10.8. The highest BCUT2D eigenvalue weighted by Gasteiger charge is 2.23. The van der Waals surface area contributed by atoms with Crippen LogP contribution in [0.25, 0.3) is 10.6 Å². The van der Waals surface area contributed by atoms with Crippen LogP contribution >= 0.6 is 11.3 Å². The van der Waals surface area contributed by atoms with Gasteiger partial charge in [-0.05, 0) is 56.8 Å². The topological polar surface area (TPSA) is 99.1 Å². The molecule has 8 nitrogen and oxygen atoms in total. The molecule has 1 aliphatic carbocycles. The summed E-state index contributed by atoms with van der Waals surface area (Å²) in [6, 6.07) is 6.83. The van der Waals surface area contributed by atoms with Crippen molar-refractivity contribution in [1.29, 1.82) is 0 Å². The third-order valence-corrected chi connectivity index (χ3v) is 7.64. The molecule has 180 valence electrons. The molecule has 9 heteroatoms. The van der Waals surface area contributed by atoms with E-state index in [9.17, 15) is 5.11 Å². The maximum atomic E-state index is 9.53. The zero-order chi connectivity index (χ0) is 23.3. The molecule has 0 aromatic carbocycles. The number of nitrogens with zero attached hydrogens (tertiary/aromatic N) is 5. The summed E-state index contributed by atoms with van der Waals surface area (Å²) in [5.74, 6) is 1.48. The van der Waals surface area contributed by atoms with Gasteiger partial charge in [0.25, 0.3) is 0 Å². The van der Waals surface area contributed by atoms with Crippen molar-refractivity contribution < 1.29 is 5.11 Å². The van der Waals surface area contributed by atoms with E-state index in [0.717, 1.165) is 58.7 Å². The molecular formula is C25H33N7OS. The Kier molecular flexibility index (Phi) is 7.32. The number of hydrogen-bond donors (Lipinski definition) is 3.